The van der Waals surface area contributed by atoms with Crippen LogP contribution in [-0.4, -0.2) is 42.9 Å². The SMILES string of the molecule is CC(c1cc(Cl)cc2ccccc12)N(C)C(=O)CC1(c2ccc(C#N)cc2)CCN(C)CC1. The van der Waals surface area contributed by atoms with Gasteiger partial charge in [-0.2, -0.15) is 5.26 Å². The standard InChI is InChI=1S/C28H30ClN3O/c1-20(26-17-24(29)16-22-6-4-5-7-25(22)26)32(3)27(33)18-28(12-14-31(2)15-13-28)23-10-8-21(19-30)9-11-23/h4-11,16-17,20H,12-15,18H2,1-3H3. The largest absolute Gasteiger partial charge is 0.339 e. The molecule has 0 bridgehead atoms. The van der Waals surface area contributed by atoms with Gasteiger partial charge in [0.1, 0.15) is 0 Å². The van der Waals surface area contributed by atoms with Crippen LogP contribution in [0, 0.1) is 11.3 Å². The molecule has 4 rings (SSSR count). The van der Waals surface area contributed by atoms with Crippen molar-refractivity contribution in [1.29, 1.82) is 5.26 Å². The summed E-state index contributed by atoms with van der Waals surface area (Å²) in [6, 6.07) is 22.0. The summed E-state index contributed by atoms with van der Waals surface area (Å²) in [6.07, 6.45) is 2.29. The number of nitrogens with zero attached hydrogens (tertiary/aromatic N) is 3. The van der Waals surface area contributed by atoms with Crippen LogP contribution in [0.3, 0.4) is 0 Å². The van der Waals surface area contributed by atoms with Crippen molar-refractivity contribution in [1.82, 2.24) is 9.80 Å². The molecule has 33 heavy (non-hydrogen) atoms. The number of piperidine rings is 1. The van der Waals surface area contributed by atoms with Crippen LogP contribution in [-0.2, 0) is 10.2 Å². The monoisotopic (exact) mass is 459 g/mol. The molecule has 1 atom stereocenters. The molecule has 0 spiro atoms. The van der Waals surface area contributed by atoms with E-state index in [2.05, 4.69) is 37.1 Å². The molecule has 0 aromatic heterocycles. The van der Waals surface area contributed by atoms with Crippen LogP contribution in [0.2, 0.25) is 5.02 Å². The third-order valence-electron chi connectivity index (χ3n) is 7.34. The minimum Gasteiger partial charge on any atom is -0.339 e. The van der Waals surface area contributed by atoms with E-state index >= 15 is 0 Å². The molecular formula is C28H30ClN3O. The number of likely N-dealkylation sites (tertiary alicyclic amines) is 1. The molecule has 3 aromatic carbocycles. The summed E-state index contributed by atoms with van der Waals surface area (Å²) in [4.78, 5) is 17.8. The van der Waals surface area contributed by atoms with Crippen LogP contribution < -0.4 is 0 Å². The maximum absolute atomic E-state index is 13.7. The molecule has 4 nitrogen and oxygen atoms in total. The molecule has 1 fully saturated rings. The van der Waals surface area contributed by atoms with Gasteiger partial charge in [-0.1, -0.05) is 48.0 Å². The van der Waals surface area contributed by atoms with E-state index in [1.807, 2.05) is 60.5 Å². The summed E-state index contributed by atoms with van der Waals surface area (Å²) < 4.78 is 0. The van der Waals surface area contributed by atoms with E-state index in [4.69, 9.17) is 11.6 Å². The Balaban J connectivity index is 1.62. The quantitative estimate of drug-likeness (QED) is 0.474. The number of carbonyl (C=O) groups is 1. The lowest BCUT2D eigenvalue weighted by Gasteiger charge is -2.42. The van der Waals surface area contributed by atoms with Crippen LogP contribution >= 0.6 is 11.6 Å². The number of carbonyl (C=O) groups excluding carboxylic acids is 1. The fourth-order valence-electron chi connectivity index (χ4n) is 5.00. The zero-order valence-corrected chi connectivity index (χ0v) is 20.3. The molecular weight excluding hydrogens is 430 g/mol. The molecule has 1 aliphatic rings. The highest BCUT2D eigenvalue weighted by atomic mass is 35.5. The van der Waals surface area contributed by atoms with Gasteiger partial charge in [-0.3, -0.25) is 4.79 Å². The Morgan fingerprint density at radius 2 is 1.82 bits per heavy atom. The van der Waals surface area contributed by atoms with E-state index in [-0.39, 0.29) is 17.4 Å². The first-order valence-corrected chi connectivity index (χ1v) is 11.8. The van der Waals surface area contributed by atoms with Crippen LogP contribution in [0.25, 0.3) is 10.8 Å². The first kappa shape index (κ1) is 23.3. The average molecular weight is 460 g/mol. The first-order chi connectivity index (χ1) is 15.8. The molecule has 1 heterocycles. The topological polar surface area (TPSA) is 47.3 Å². The van der Waals surface area contributed by atoms with Crippen LogP contribution in [0.1, 0.15) is 48.9 Å². The Bertz CT molecular complexity index is 1190. The van der Waals surface area contributed by atoms with E-state index < -0.39 is 0 Å². The minimum absolute atomic E-state index is 0.106. The molecule has 170 valence electrons. The second-order valence-corrected chi connectivity index (χ2v) is 9.78. The summed E-state index contributed by atoms with van der Waals surface area (Å²) in [7, 11) is 4.02. The van der Waals surface area contributed by atoms with E-state index in [0.29, 0.717) is 17.0 Å². The molecule has 1 saturated heterocycles. The van der Waals surface area contributed by atoms with Crippen molar-refractivity contribution in [2.45, 2.75) is 37.6 Å². The average Bonchev–Trinajstić information content (AvgIpc) is 2.84. The van der Waals surface area contributed by atoms with Gasteiger partial charge in [0.15, 0.2) is 0 Å². The second kappa shape index (κ2) is 9.55. The molecule has 3 aromatic rings. The van der Waals surface area contributed by atoms with E-state index in [1.54, 1.807) is 0 Å². The lowest BCUT2D eigenvalue weighted by molar-refractivity contribution is -0.133. The predicted molar refractivity (Wildman–Crippen MR) is 134 cm³/mol. The third kappa shape index (κ3) is 4.76. The first-order valence-electron chi connectivity index (χ1n) is 11.5. The van der Waals surface area contributed by atoms with Gasteiger partial charge in [0.25, 0.3) is 0 Å². The number of rotatable bonds is 5. The Hall–Kier alpha value is -2.87. The van der Waals surface area contributed by atoms with Crippen molar-refractivity contribution < 1.29 is 4.79 Å². The Labute approximate surface area is 201 Å². The molecule has 1 unspecified atom stereocenters. The fraction of sp³-hybridized carbons (Fsp3) is 0.357. The Morgan fingerprint density at radius 1 is 1.15 bits per heavy atom. The molecule has 0 radical (unpaired) electrons. The normalized spacial score (nSPS) is 16.8. The zero-order valence-electron chi connectivity index (χ0n) is 19.5. The number of hydrogen-bond donors (Lipinski definition) is 0. The maximum atomic E-state index is 13.7. The van der Waals surface area contributed by atoms with Gasteiger partial charge in [-0.05, 0) is 86.1 Å². The molecule has 0 N–H and O–H groups in total. The fourth-order valence-corrected chi connectivity index (χ4v) is 5.23. The van der Waals surface area contributed by atoms with Gasteiger partial charge in [0.05, 0.1) is 17.7 Å². The highest BCUT2D eigenvalue weighted by Crippen LogP contribution is 2.40. The molecule has 1 aliphatic heterocycles. The third-order valence-corrected chi connectivity index (χ3v) is 7.56. The Morgan fingerprint density at radius 3 is 2.48 bits per heavy atom. The summed E-state index contributed by atoms with van der Waals surface area (Å²) in [6.45, 7) is 3.97. The van der Waals surface area contributed by atoms with Crippen molar-refractivity contribution in [3.63, 3.8) is 0 Å². The van der Waals surface area contributed by atoms with Crippen molar-refractivity contribution in [3.05, 3.63) is 82.4 Å². The maximum Gasteiger partial charge on any atom is 0.223 e. The number of amides is 1. The van der Waals surface area contributed by atoms with Crippen molar-refractivity contribution >= 4 is 28.3 Å². The van der Waals surface area contributed by atoms with E-state index in [0.717, 1.165) is 47.8 Å². The lowest BCUT2D eigenvalue weighted by Crippen LogP contribution is -2.44. The van der Waals surface area contributed by atoms with Crippen molar-refractivity contribution in [2.24, 2.45) is 0 Å². The highest BCUT2D eigenvalue weighted by molar-refractivity contribution is 6.31. The summed E-state index contributed by atoms with van der Waals surface area (Å²) >= 11 is 6.42. The molecule has 5 heteroatoms. The number of fused-ring (bicyclic) bond motifs is 1. The number of halogens is 1. The summed E-state index contributed by atoms with van der Waals surface area (Å²) in [5, 5.41) is 12.1. The smallest absolute Gasteiger partial charge is 0.223 e. The van der Waals surface area contributed by atoms with Crippen LogP contribution in [0.5, 0.6) is 0 Å². The highest BCUT2D eigenvalue weighted by Gasteiger charge is 2.38. The lowest BCUT2D eigenvalue weighted by atomic mass is 9.70. The van der Waals surface area contributed by atoms with E-state index in [1.165, 1.54) is 0 Å². The number of benzene rings is 3. The van der Waals surface area contributed by atoms with Gasteiger partial charge in [-0.15, -0.1) is 0 Å². The van der Waals surface area contributed by atoms with E-state index in [9.17, 15) is 10.1 Å². The molecule has 0 saturated carbocycles. The minimum atomic E-state index is -0.220. The second-order valence-electron chi connectivity index (χ2n) is 9.35. The summed E-state index contributed by atoms with van der Waals surface area (Å²) in [5.41, 5.74) is 2.63. The molecule has 1 amide bonds. The van der Waals surface area contributed by atoms with Crippen LogP contribution in [0.15, 0.2) is 60.7 Å². The van der Waals surface area contributed by atoms with Crippen LogP contribution in [0.4, 0.5) is 0 Å². The van der Waals surface area contributed by atoms with Gasteiger partial charge in [0.2, 0.25) is 5.91 Å². The van der Waals surface area contributed by atoms with Gasteiger partial charge in [0, 0.05) is 23.9 Å². The number of hydrogen-bond acceptors (Lipinski definition) is 3. The Kier molecular flexibility index (Phi) is 6.74. The zero-order chi connectivity index (χ0) is 23.6. The predicted octanol–water partition coefficient (Wildman–Crippen LogP) is 5.94. The van der Waals surface area contributed by atoms with Gasteiger partial charge < -0.3 is 9.80 Å². The van der Waals surface area contributed by atoms with Crippen molar-refractivity contribution in [3.8, 4) is 6.07 Å². The molecule has 0 aliphatic carbocycles. The van der Waals surface area contributed by atoms with Gasteiger partial charge >= 0.3 is 0 Å². The summed E-state index contributed by atoms with van der Waals surface area (Å²) in [5.74, 6) is 0.125. The number of nitriles is 1. The van der Waals surface area contributed by atoms with Crippen molar-refractivity contribution in [2.75, 3.05) is 27.2 Å². The van der Waals surface area contributed by atoms with Gasteiger partial charge in [-0.25, -0.2) is 0 Å².